The summed E-state index contributed by atoms with van der Waals surface area (Å²) in [6.07, 6.45) is 0. The predicted octanol–water partition coefficient (Wildman–Crippen LogP) is 4.11. The molecule has 5 nitrogen and oxygen atoms in total. The van der Waals surface area contributed by atoms with Crippen molar-refractivity contribution in [2.24, 2.45) is 4.99 Å². The van der Waals surface area contributed by atoms with Crippen LogP contribution in [0.1, 0.15) is 30.5 Å². The molecular weight excluding hydrogens is 465 g/mol. The van der Waals surface area contributed by atoms with E-state index in [4.69, 9.17) is 9.47 Å². The second-order valence-corrected chi connectivity index (χ2v) is 6.11. The Kier molecular flexibility index (Phi) is 13.3. The fourth-order valence-electron chi connectivity index (χ4n) is 2.50. The Morgan fingerprint density at radius 2 is 1.46 bits per heavy atom. The van der Waals surface area contributed by atoms with Gasteiger partial charge in [-0.2, -0.15) is 0 Å². The van der Waals surface area contributed by atoms with Gasteiger partial charge in [0.1, 0.15) is 0 Å². The van der Waals surface area contributed by atoms with Crippen LogP contribution in [0.2, 0.25) is 0 Å². The van der Waals surface area contributed by atoms with Crippen molar-refractivity contribution in [1.82, 2.24) is 10.6 Å². The molecular formula is C22H32IN3O2. The van der Waals surface area contributed by atoms with E-state index in [1.807, 2.05) is 25.1 Å². The molecule has 0 radical (unpaired) electrons. The molecule has 0 aliphatic rings. The summed E-state index contributed by atoms with van der Waals surface area (Å²) in [4.78, 5) is 4.62. The topological polar surface area (TPSA) is 54.9 Å². The summed E-state index contributed by atoms with van der Waals surface area (Å²) in [5.41, 5.74) is 3.53. The lowest BCUT2D eigenvalue weighted by Gasteiger charge is -2.11. The zero-order chi connectivity index (χ0) is 19.2. The number of benzene rings is 2. The molecule has 0 spiro atoms. The van der Waals surface area contributed by atoms with Crippen molar-refractivity contribution < 1.29 is 9.47 Å². The molecule has 0 saturated heterocycles. The Labute approximate surface area is 186 Å². The lowest BCUT2D eigenvalue weighted by molar-refractivity contribution is 0.107. The summed E-state index contributed by atoms with van der Waals surface area (Å²) < 4.78 is 11.1. The summed E-state index contributed by atoms with van der Waals surface area (Å²) in [5, 5.41) is 6.52. The van der Waals surface area contributed by atoms with E-state index >= 15 is 0 Å². The fraction of sp³-hybridized carbons (Fsp3) is 0.409. The van der Waals surface area contributed by atoms with E-state index in [0.717, 1.165) is 25.7 Å². The van der Waals surface area contributed by atoms with E-state index in [2.05, 4.69) is 58.9 Å². The Morgan fingerprint density at radius 3 is 2.11 bits per heavy atom. The molecule has 2 aromatic rings. The lowest BCUT2D eigenvalue weighted by Crippen LogP contribution is -2.39. The number of nitrogens with one attached hydrogen (secondary N) is 2. The minimum atomic E-state index is 0. The van der Waals surface area contributed by atoms with E-state index in [-0.39, 0.29) is 24.0 Å². The molecule has 0 aromatic heterocycles. The van der Waals surface area contributed by atoms with Gasteiger partial charge in [0.05, 0.1) is 26.4 Å². The minimum absolute atomic E-state index is 0. The van der Waals surface area contributed by atoms with E-state index in [1.165, 1.54) is 16.7 Å². The average Bonchev–Trinajstić information content (AvgIpc) is 2.71. The Morgan fingerprint density at radius 1 is 0.821 bits per heavy atom. The maximum Gasteiger partial charge on any atom is 0.191 e. The quantitative estimate of drug-likeness (QED) is 0.212. The van der Waals surface area contributed by atoms with E-state index in [9.17, 15) is 0 Å². The zero-order valence-electron chi connectivity index (χ0n) is 16.8. The highest BCUT2D eigenvalue weighted by atomic mass is 127. The van der Waals surface area contributed by atoms with Gasteiger partial charge in [0.25, 0.3) is 0 Å². The van der Waals surface area contributed by atoms with Gasteiger partial charge in [0.15, 0.2) is 5.96 Å². The summed E-state index contributed by atoms with van der Waals surface area (Å²) in [6.45, 7) is 8.92. The van der Waals surface area contributed by atoms with Crippen molar-refractivity contribution in [2.75, 3.05) is 26.3 Å². The molecule has 0 fully saturated rings. The SMILES string of the molecule is CCNC(=NCc1ccc(COCc2ccccc2)cc1)NCCOCC.I. The molecule has 0 unspecified atom stereocenters. The first kappa shape index (κ1) is 24.4. The van der Waals surface area contributed by atoms with Crippen LogP contribution in [0.4, 0.5) is 0 Å². The first-order valence-electron chi connectivity index (χ1n) is 9.61. The van der Waals surface area contributed by atoms with Crippen LogP contribution >= 0.6 is 24.0 Å². The van der Waals surface area contributed by atoms with Crippen LogP contribution in [0.3, 0.4) is 0 Å². The predicted molar refractivity (Wildman–Crippen MR) is 126 cm³/mol. The van der Waals surface area contributed by atoms with Gasteiger partial charge in [-0.25, -0.2) is 4.99 Å². The maximum absolute atomic E-state index is 5.78. The number of halogens is 1. The number of ether oxygens (including phenoxy) is 2. The molecule has 0 aliphatic carbocycles. The third kappa shape index (κ3) is 10.1. The maximum atomic E-state index is 5.78. The van der Waals surface area contributed by atoms with Crippen LogP contribution in [0, 0.1) is 0 Å². The number of rotatable bonds is 11. The lowest BCUT2D eigenvalue weighted by atomic mass is 10.1. The van der Waals surface area contributed by atoms with Gasteiger partial charge < -0.3 is 20.1 Å². The molecule has 0 heterocycles. The normalized spacial score (nSPS) is 11.0. The number of nitrogens with zero attached hydrogens (tertiary/aromatic N) is 1. The van der Waals surface area contributed by atoms with Crippen LogP contribution in [0.5, 0.6) is 0 Å². The van der Waals surface area contributed by atoms with Crippen molar-refractivity contribution in [3.8, 4) is 0 Å². The largest absolute Gasteiger partial charge is 0.380 e. The number of aliphatic imine (C=N–C) groups is 1. The van der Waals surface area contributed by atoms with Gasteiger partial charge in [0.2, 0.25) is 0 Å². The standard InChI is InChI=1S/C22H31N3O2.HI/c1-3-23-22(24-14-15-26-4-2)25-16-19-10-12-21(13-11-19)18-27-17-20-8-6-5-7-9-20;/h5-13H,3-4,14-18H2,1-2H3,(H2,23,24,25);1H. The Bertz CT molecular complexity index is 663. The Hall–Kier alpha value is -1.64. The van der Waals surface area contributed by atoms with Crippen LogP contribution in [0.15, 0.2) is 59.6 Å². The summed E-state index contributed by atoms with van der Waals surface area (Å²) in [6, 6.07) is 18.6. The first-order valence-corrected chi connectivity index (χ1v) is 9.61. The van der Waals surface area contributed by atoms with Gasteiger partial charge in [-0.05, 0) is 30.5 Å². The minimum Gasteiger partial charge on any atom is -0.380 e. The molecule has 2 rings (SSSR count). The van der Waals surface area contributed by atoms with Gasteiger partial charge in [-0.1, -0.05) is 54.6 Å². The molecule has 0 aliphatic heterocycles. The molecule has 0 atom stereocenters. The van der Waals surface area contributed by atoms with Crippen LogP contribution in [0.25, 0.3) is 0 Å². The number of guanidine groups is 1. The highest BCUT2D eigenvalue weighted by Crippen LogP contribution is 2.09. The van der Waals surface area contributed by atoms with E-state index in [0.29, 0.717) is 26.4 Å². The van der Waals surface area contributed by atoms with Crippen molar-refractivity contribution in [2.45, 2.75) is 33.6 Å². The molecule has 28 heavy (non-hydrogen) atoms. The third-order valence-electron chi connectivity index (χ3n) is 3.91. The van der Waals surface area contributed by atoms with Gasteiger partial charge in [-0.3, -0.25) is 0 Å². The summed E-state index contributed by atoms with van der Waals surface area (Å²) in [7, 11) is 0. The molecule has 0 saturated carbocycles. The fourth-order valence-corrected chi connectivity index (χ4v) is 2.50. The van der Waals surface area contributed by atoms with Crippen molar-refractivity contribution >= 4 is 29.9 Å². The average molecular weight is 497 g/mol. The number of hydrogen-bond acceptors (Lipinski definition) is 3. The molecule has 154 valence electrons. The molecule has 0 amide bonds. The van der Waals surface area contributed by atoms with E-state index in [1.54, 1.807) is 0 Å². The second-order valence-electron chi connectivity index (χ2n) is 6.11. The molecule has 2 aromatic carbocycles. The zero-order valence-corrected chi connectivity index (χ0v) is 19.1. The van der Waals surface area contributed by atoms with Gasteiger partial charge in [0, 0.05) is 19.7 Å². The van der Waals surface area contributed by atoms with Crippen molar-refractivity contribution in [3.05, 3.63) is 71.3 Å². The smallest absolute Gasteiger partial charge is 0.191 e. The highest BCUT2D eigenvalue weighted by Gasteiger charge is 1.99. The highest BCUT2D eigenvalue weighted by molar-refractivity contribution is 14.0. The molecule has 6 heteroatoms. The Balaban J connectivity index is 0.00000392. The van der Waals surface area contributed by atoms with Crippen LogP contribution in [-0.2, 0) is 29.2 Å². The molecule has 0 bridgehead atoms. The third-order valence-corrected chi connectivity index (χ3v) is 3.91. The van der Waals surface area contributed by atoms with Gasteiger partial charge in [-0.15, -0.1) is 24.0 Å². The number of hydrogen-bond donors (Lipinski definition) is 2. The summed E-state index contributed by atoms with van der Waals surface area (Å²) >= 11 is 0. The van der Waals surface area contributed by atoms with Gasteiger partial charge >= 0.3 is 0 Å². The first-order chi connectivity index (χ1) is 13.3. The molecule has 2 N–H and O–H groups in total. The van der Waals surface area contributed by atoms with Crippen molar-refractivity contribution in [3.63, 3.8) is 0 Å². The van der Waals surface area contributed by atoms with Crippen molar-refractivity contribution in [1.29, 1.82) is 0 Å². The van der Waals surface area contributed by atoms with Crippen LogP contribution < -0.4 is 10.6 Å². The second kappa shape index (κ2) is 15.3. The van der Waals surface area contributed by atoms with E-state index < -0.39 is 0 Å². The summed E-state index contributed by atoms with van der Waals surface area (Å²) in [5.74, 6) is 0.812. The van der Waals surface area contributed by atoms with Crippen LogP contribution in [-0.4, -0.2) is 32.3 Å². The monoisotopic (exact) mass is 497 g/mol.